The molecule has 9 heteroatoms. The van der Waals surface area contributed by atoms with E-state index >= 15 is 0 Å². The third-order valence-corrected chi connectivity index (χ3v) is 3.40. The van der Waals surface area contributed by atoms with E-state index in [9.17, 15) is 8.78 Å². The van der Waals surface area contributed by atoms with Gasteiger partial charge in [-0.3, -0.25) is 5.43 Å². The van der Waals surface area contributed by atoms with E-state index in [1.165, 1.54) is 12.3 Å². The van der Waals surface area contributed by atoms with Crippen molar-refractivity contribution >= 4 is 29.2 Å². The topological polar surface area (TPSA) is 64.1 Å². The minimum Gasteiger partial charge on any atom is -0.497 e. The summed E-state index contributed by atoms with van der Waals surface area (Å²) in [5.41, 5.74) is 4.07. The molecule has 0 spiro atoms. The summed E-state index contributed by atoms with van der Waals surface area (Å²) in [6.45, 7) is -0.863. The highest BCUT2D eigenvalue weighted by atomic mass is 32.1. The number of nitrogens with zero attached hydrogens (tertiary/aromatic N) is 1. The van der Waals surface area contributed by atoms with Crippen molar-refractivity contribution in [3.05, 3.63) is 48.0 Å². The molecule has 0 heterocycles. The zero-order valence-electron chi connectivity index (χ0n) is 14.7. The molecule has 0 aromatic heterocycles. The van der Waals surface area contributed by atoms with Gasteiger partial charge in [-0.15, -0.1) is 0 Å². The van der Waals surface area contributed by atoms with Gasteiger partial charge in [0, 0.05) is 5.69 Å². The van der Waals surface area contributed by atoms with Gasteiger partial charge in [0.2, 0.25) is 0 Å². The molecule has 0 fully saturated rings. The molecule has 144 valence electrons. The summed E-state index contributed by atoms with van der Waals surface area (Å²) in [6.07, 6.45) is 1.48. The van der Waals surface area contributed by atoms with Crippen LogP contribution in [0, 0.1) is 0 Å². The van der Waals surface area contributed by atoms with Crippen LogP contribution in [0.15, 0.2) is 47.6 Å². The van der Waals surface area contributed by atoms with Gasteiger partial charge in [0.25, 0.3) is 0 Å². The fourth-order valence-corrected chi connectivity index (χ4v) is 2.24. The lowest BCUT2D eigenvalue weighted by atomic mass is 10.2. The van der Waals surface area contributed by atoms with Crippen molar-refractivity contribution in [1.29, 1.82) is 0 Å². The van der Waals surface area contributed by atoms with E-state index in [1.54, 1.807) is 38.3 Å². The van der Waals surface area contributed by atoms with Gasteiger partial charge in [-0.2, -0.15) is 13.9 Å². The quantitative estimate of drug-likeness (QED) is 0.400. The molecule has 0 radical (unpaired) electrons. The van der Waals surface area contributed by atoms with Crippen LogP contribution in [0.4, 0.5) is 14.5 Å². The number of hydrogen-bond donors (Lipinski definition) is 2. The number of anilines is 1. The first kappa shape index (κ1) is 20.4. The molecule has 0 aliphatic carbocycles. The third-order valence-electron chi connectivity index (χ3n) is 3.21. The van der Waals surface area contributed by atoms with E-state index < -0.39 is 6.61 Å². The standard InChI is InChI=1S/C18H19F2N3O3S/c1-3-25-16-10-12(4-9-15(16)26-17(19)20)11-21-23-18(27)22-13-5-7-14(24-2)8-6-13/h4-11,17H,3H2,1-2H3,(H2,22,23,27)/b21-11-. The molecule has 2 aromatic carbocycles. The number of hydrazone groups is 1. The number of thiocarbonyl (C=S) groups is 1. The fourth-order valence-electron chi connectivity index (χ4n) is 2.07. The number of methoxy groups -OCH3 is 1. The molecule has 0 saturated carbocycles. The Morgan fingerprint density at radius 2 is 1.93 bits per heavy atom. The molecule has 0 atom stereocenters. The molecular weight excluding hydrogens is 376 g/mol. The highest BCUT2D eigenvalue weighted by Crippen LogP contribution is 2.29. The summed E-state index contributed by atoms with van der Waals surface area (Å²) < 4.78 is 39.6. The van der Waals surface area contributed by atoms with Gasteiger partial charge < -0.3 is 19.5 Å². The summed E-state index contributed by atoms with van der Waals surface area (Å²) >= 11 is 5.15. The molecule has 2 rings (SSSR count). The Kier molecular flexibility index (Phi) is 7.75. The van der Waals surface area contributed by atoms with E-state index in [0.29, 0.717) is 17.3 Å². The molecular formula is C18H19F2N3O3S. The van der Waals surface area contributed by atoms with Crippen LogP contribution >= 0.6 is 12.2 Å². The van der Waals surface area contributed by atoms with Crippen LogP contribution in [-0.4, -0.2) is 31.7 Å². The van der Waals surface area contributed by atoms with E-state index in [0.717, 1.165) is 11.4 Å². The summed E-state index contributed by atoms with van der Waals surface area (Å²) in [5.74, 6) is 0.913. The molecule has 2 N–H and O–H groups in total. The lowest BCUT2D eigenvalue weighted by Crippen LogP contribution is -2.23. The van der Waals surface area contributed by atoms with Crippen LogP contribution in [0.1, 0.15) is 12.5 Å². The van der Waals surface area contributed by atoms with Crippen molar-refractivity contribution in [2.24, 2.45) is 5.10 Å². The van der Waals surface area contributed by atoms with E-state index in [4.69, 9.17) is 21.7 Å². The summed E-state index contributed by atoms with van der Waals surface area (Å²) in [4.78, 5) is 0. The Morgan fingerprint density at radius 3 is 2.56 bits per heavy atom. The monoisotopic (exact) mass is 395 g/mol. The number of rotatable bonds is 8. The zero-order chi connectivity index (χ0) is 19.6. The predicted octanol–water partition coefficient (Wildman–Crippen LogP) is 4.02. The van der Waals surface area contributed by atoms with Crippen molar-refractivity contribution in [1.82, 2.24) is 5.43 Å². The van der Waals surface area contributed by atoms with Crippen LogP contribution in [0.3, 0.4) is 0 Å². The molecule has 0 aliphatic heterocycles. The largest absolute Gasteiger partial charge is 0.497 e. The van der Waals surface area contributed by atoms with Gasteiger partial charge in [0.15, 0.2) is 16.6 Å². The maximum absolute atomic E-state index is 12.4. The SMILES string of the molecule is CCOc1cc(/C=N\NC(=S)Nc2ccc(OC)cc2)ccc1OC(F)F. The number of hydrogen-bond acceptors (Lipinski definition) is 5. The van der Waals surface area contributed by atoms with Crippen LogP contribution < -0.4 is 25.0 Å². The highest BCUT2D eigenvalue weighted by Gasteiger charge is 2.11. The van der Waals surface area contributed by atoms with E-state index in [1.807, 2.05) is 12.1 Å². The molecule has 2 aromatic rings. The van der Waals surface area contributed by atoms with Gasteiger partial charge in [-0.05, 0) is 67.2 Å². The first-order chi connectivity index (χ1) is 13.0. The second-order valence-corrected chi connectivity index (χ2v) is 5.48. The highest BCUT2D eigenvalue weighted by molar-refractivity contribution is 7.80. The zero-order valence-corrected chi connectivity index (χ0v) is 15.6. The van der Waals surface area contributed by atoms with Crippen molar-refractivity contribution in [2.75, 3.05) is 19.0 Å². The minimum absolute atomic E-state index is 0.0337. The average Bonchev–Trinajstić information content (AvgIpc) is 2.64. The van der Waals surface area contributed by atoms with Crippen LogP contribution in [0.25, 0.3) is 0 Å². The molecule has 0 amide bonds. The van der Waals surface area contributed by atoms with Crippen molar-refractivity contribution in [3.63, 3.8) is 0 Å². The van der Waals surface area contributed by atoms with Gasteiger partial charge in [0.1, 0.15) is 5.75 Å². The van der Waals surface area contributed by atoms with Crippen molar-refractivity contribution in [3.8, 4) is 17.2 Å². The van der Waals surface area contributed by atoms with E-state index in [-0.39, 0.29) is 11.5 Å². The van der Waals surface area contributed by atoms with Crippen LogP contribution in [0.2, 0.25) is 0 Å². The Hall–Kier alpha value is -2.94. The number of alkyl halides is 2. The van der Waals surface area contributed by atoms with Gasteiger partial charge in [0.05, 0.1) is 19.9 Å². The van der Waals surface area contributed by atoms with Gasteiger partial charge >= 0.3 is 6.61 Å². The molecule has 0 saturated heterocycles. The second kappa shape index (κ2) is 10.3. The smallest absolute Gasteiger partial charge is 0.387 e. The number of nitrogens with one attached hydrogen (secondary N) is 2. The second-order valence-electron chi connectivity index (χ2n) is 5.07. The average molecular weight is 395 g/mol. The Labute approximate surface area is 161 Å². The maximum atomic E-state index is 12.4. The van der Waals surface area contributed by atoms with Crippen molar-refractivity contribution in [2.45, 2.75) is 13.5 Å². The Morgan fingerprint density at radius 1 is 1.19 bits per heavy atom. The fraction of sp³-hybridized carbons (Fsp3) is 0.222. The minimum atomic E-state index is -2.92. The van der Waals surface area contributed by atoms with Gasteiger partial charge in [-0.25, -0.2) is 0 Å². The summed E-state index contributed by atoms with van der Waals surface area (Å²) in [6, 6.07) is 11.7. The first-order valence-corrected chi connectivity index (χ1v) is 8.38. The predicted molar refractivity (Wildman–Crippen MR) is 104 cm³/mol. The van der Waals surface area contributed by atoms with Crippen LogP contribution in [-0.2, 0) is 0 Å². The van der Waals surface area contributed by atoms with E-state index in [2.05, 4.69) is 20.6 Å². The number of benzene rings is 2. The lowest BCUT2D eigenvalue weighted by Gasteiger charge is -2.11. The summed E-state index contributed by atoms with van der Waals surface area (Å²) in [7, 11) is 1.59. The Balaban J connectivity index is 1.95. The van der Waals surface area contributed by atoms with Gasteiger partial charge in [-0.1, -0.05) is 0 Å². The summed E-state index contributed by atoms with van der Waals surface area (Å²) in [5, 5.41) is 7.27. The Bertz CT molecular complexity index is 786. The number of ether oxygens (including phenoxy) is 3. The van der Waals surface area contributed by atoms with Crippen LogP contribution in [0.5, 0.6) is 17.2 Å². The molecule has 0 unspecified atom stereocenters. The normalized spacial score (nSPS) is 10.7. The third kappa shape index (κ3) is 6.70. The molecule has 0 bridgehead atoms. The molecule has 27 heavy (non-hydrogen) atoms. The lowest BCUT2D eigenvalue weighted by molar-refractivity contribution is -0.0514. The van der Waals surface area contributed by atoms with Crippen molar-refractivity contribution < 1.29 is 23.0 Å². The maximum Gasteiger partial charge on any atom is 0.387 e. The molecule has 0 aliphatic rings. The number of halogens is 2. The molecule has 6 nitrogen and oxygen atoms in total. The first-order valence-electron chi connectivity index (χ1n) is 7.97.